The highest BCUT2D eigenvalue weighted by molar-refractivity contribution is 5.79. The highest BCUT2D eigenvalue weighted by atomic mass is 19.1. The highest BCUT2D eigenvalue weighted by Gasteiger charge is 2.19. The van der Waals surface area contributed by atoms with Gasteiger partial charge in [0.2, 0.25) is 5.82 Å². The summed E-state index contributed by atoms with van der Waals surface area (Å²) in [7, 11) is 3.04. The Kier molecular flexibility index (Phi) is 3.46. The smallest absolute Gasteiger partial charge is 0.209 e. The second kappa shape index (κ2) is 5.44. The van der Waals surface area contributed by atoms with E-state index in [9.17, 15) is 9.30 Å². The lowest BCUT2D eigenvalue weighted by Gasteiger charge is -2.08. The van der Waals surface area contributed by atoms with Gasteiger partial charge in [0, 0.05) is 11.8 Å². The van der Waals surface area contributed by atoms with Crippen molar-refractivity contribution in [1.82, 2.24) is 9.38 Å². The molecule has 6 nitrogen and oxygen atoms in total. The molecule has 3 aromatic rings. The number of halogens is 1. The predicted molar refractivity (Wildman–Crippen MR) is 79.1 cm³/mol. The van der Waals surface area contributed by atoms with E-state index in [1.54, 1.807) is 18.2 Å². The van der Waals surface area contributed by atoms with Gasteiger partial charge in [0.05, 0.1) is 14.2 Å². The molecule has 2 heterocycles. The lowest BCUT2D eigenvalue weighted by molar-refractivity contribution is 0.404. The van der Waals surface area contributed by atoms with Gasteiger partial charge < -0.3 is 9.47 Å². The monoisotopic (exact) mass is 301 g/mol. The van der Waals surface area contributed by atoms with Gasteiger partial charge in [-0.3, -0.25) is 4.40 Å². The summed E-state index contributed by atoms with van der Waals surface area (Å²) in [6.07, 6.45) is 1.16. The topological polar surface area (TPSA) is 65.2 Å². The molecule has 0 radical (unpaired) electrons. The SMILES string of the molecule is COc1ccc(OC)c(-c2nc3ccc(F)cn3c2N=O)c1. The maximum absolute atomic E-state index is 13.4. The molecule has 0 N–H and O–H groups in total. The first-order valence-corrected chi connectivity index (χ1v) is 6.41. The van der Waals surface area contributed by atoms with Crippen molar-refractivity contribution in [3.05, 3.63) is 47.3 Å². The van der Waals surface area contributed by atoms with E-state index in [4.69, 9.17) is 9.47 Å². The largest absolute Gasteiger partial charge is 0.497 e. The van der Waals surface area contributed by atoms with Crippen LogP contribution in [-0.2, 0) is 0 Å². The summed E-state index contributed by atoms with van der Waals surface area (Å²) in [4.78, 5) is 15.6. The molecule has 0 spiro atoms. The van der Waals surface area contributed by atoms with Crippen LogP contribution < -0.4 is 9.47 Å². The van der Waals surface area contributed by atoms with Crippen molar-refractivity contribution in [2.75, 3.05) is 14.2 Å². The lowest BCUT2D eigenvalue weighted by atomic mass is 10.1. The fraction of sp³-hybridized carbons (Fsp3) is 0.133. The molecule has 0 saturated heterocycles. The standard InChI is InChI=1S/C15H12FN3O3/c1-21-10-4-5-12(22-2)11(7-10)14-15(18-20)19-8-9(16)3-6-13(19)17-14/h3-8H,1-2H3. The number of imidazole rings is 1. The van der Waals surface area contributed by atoms with Gasteiger partial charge in [-0.15, -0.1) is 4.91 Å². The van der Waals surface area contributed by atoms with Crippen LogP contribution in [0.1, 0.15) is 0 Å². The normalized spacial score (nSPS) is 10.7. The van der Waals surface area contributed by atoms with Crippen LogP contribution >= 0.6 is 0 Å². The molecule has 1 aromatic carbocycles. The summed E-state index contributed by atoms with van der Waals surface area (Å²) in [5.74, 6) is 0.602. The summed E-state index contributed by atoms with van der Waals surface area (Å²) in [5.41, 5.74) is 1.26. The van der Waals surface area contributed by atoms with E-state index in [1.807, 2.05) is 0 Å². The molecule has 0 aliphatic rings. The number of benzene rings is 1. The highest BCUT2D eigenvalue weighted by Crippen LogP contribution is 2.38. The quantitative estimate of drug-likeness (QED) is 0.691. The average Bonchev–Trinajstić information content (AvgIpc) is 2.91. The number of aromatic nitrogens is 2. The molecule has 7 heteroatoms. The van der Waals surface area contributed by atoms with E-state index in [-0.39, 0.29) is 5.82 Å². The molecule has 0 aliphatic heterocycles. The van der Waals surface area contributed by atoms with Gasteiger partial charge in [-0.1, -0.05) is 0 Å². The van der Waals surface area contributed by atoms with Gasteiger partial charge in [-0.2, -0.15) is 0 Å². The summed E-state index contributed by atoms with van der Waals surface area (Å²) in [5, 5.41) is 2.99. The summed E-state index contributed by atoms with van der Waals surface area (Å²) < 4.78 is 25.2. The summed E-state index contributed by atoms with van der Waals surface area (Å²) >= 11 is 0. The molecule has 0 saturated carbocycles. The number of nitroso groups, excluding NO2 is 1. The first-order valence-electron chi connectivity index (χ1n) is 6.41. The number of methoxy groups -OCH3 is 2. The van der Waals surface area contributed by atoms with Crippen LogP contribution in [-0.4, -0.2) is 23.6 Å². The molecule has 22 heavy (non-hydrogen) atoms. The third kappa shape index (κ3) is 2.16. The van der Waals surface area contributed by atoms with Crippen LogP contribution in [0.25, 0.3) is 16.9 Å². The van der Waals surface area contributed by atoms with Crippen LogP contribution in [0.2, 0.25) is 0 Å². The molecule has 0 unspecified atom stereocenters. The number of hydrogen-bond acceptors (Lipinski definition) is 5. The molecule has 0 atom stereocenters. The predicted octanol–water partition coefficient (Wildman–Crippen LogP) is 3.56. The number of rotatable bonds is 4. The minimum absolute atomic E-state index is 0.000975. The van der Waals surface area contributed by atoms with E-state index in [0.717, 1.165) is 6.20 Å². The summed E-state index contributed by atoms with van der Waals surface area (Å²) in [6.45, 7) is 0. The van der Waals surface area contributed by atoms with Crippen molar-refractivity contribution >= 4 is 11.5 Å². The third-order valence-corrected chi connectivity index (χ3v) is 3.31. The Morgan fingerprint density at radius 1 is 1.18 bits per heavy atom. The van der Waals surface area contributed by atoms with Gasteiger partial charge >= 0.3 is 0 Å². The molecule has 112 valence electrons. The lowest BCUT2D eigenvalue weighted by Crippen LogP contribution is -1.91. The van der Waals surface area contributed by atoms with E-state index in [1.165, 1.54) is 30.8 Å². The molecule has 0 fully saturated rings. The van der Waals surface area contributed by atoms with Crippen LogP contribution in [0.3, 0.4) is 0 Å². The number of hydrogen-bond donors (Lipinski definition) is 0. The van der Waals surface area contributed by atoms with Crippen LogP contribution in [0, 0.1) is 10.7 Å². The van der Waals surface area contributed by atoms with E-state index in [0.29, 0.717) is 28.4 Å². The van der Waals surface area contributed by atoms with E-state index >= 15 is 0 Å². The second-order valence-electron chi connectivity index (χ2n) is 4.52. The maximum Gasteiger partial charge on any atom is 0.209 e. The molecule has 0 amide bonds. The molecule has 3 rings (SSSR count). The Balaban J connectivity index is 2.32. The Labute approximate surface area is 125 Å². The minimum Gasteiger partial charge on any atom is -0.497 e. The van der Waals surface area contributed by atoms with Crippen LogP contribution in [0.4, 0.5) is 10.2 Å². The zero-order valence-electron chi connectivity index (χ0n) is 11.9. The van der Waals surface area contributed by atoms with Gasteiger partial charge in [0.25, 0.3) is 0 Å². The number of fused-ring (bicyclic) bond motifs is 1. The molecular formula is C15H12FN3O3. The molecule has 0 bridgehead atoms. The van der Waals surface area contributed by atoms with Crippen molar-refractivity contribution in [3.63, 3.8) is 0 Å². The Morgan fingerprint density at radius 2 is 2.00 bits per heavy atom. The van der Waals surface area contributed by atoms with Crippen LogP contribution in [0.15, 0.2) is 41.7 Å². The van der Waals surface area contributed by atoms with Crippen molar-refractivity contribution in [2.24, 2.45) is 5.18 Å². The van der Waals surface area contributed by atoms with E-state index < -0.39 is 5.82 Å². The Bertz CT molecular complexity index is 861. The third-order valence-electron chi connectivity index (χ3n) is 3.31. The van der Waals surface area contributed by atoms with Crippen molar-refractivity contribution in [2.45, 2.75) is 0 Å². The fourth-order valence-electron chi connectivity index (χ4n) is 2.27. The molecule has 2 aromatic heterocycles. The maximum atomic E-state index is 13.4. The second-order valence-corrected chi connectivity index (χ2v) is 4.52. The van der Waals surface area contributed by atoms with Gasteiger partial charge in [0.15, 0.2) is 0 Å². The van der Waals surface area contributed by atoms with Crippen LogP contribution in [0.5, 0.6) is 11.5 Å². The van der Waals surface area contributed by atoms with Crippen molar-refractivity contribution in [1.29, 1.82) is 0 Å². The van der Waals surface area contributed by atoms with E-state index in [2.05, 4.69) is 10.2 Å². The van der Waals surface area contributed by atoms with Gasteiger partial charge in [0.1, 0.15) is 28.7 Å². The Morgan fingerprint density at radius 3 is 2.68 bits per heavy atom. The number of ether oxygens (including phenoxy) is 2. The van der Waals surface area contributed by atoms with Gasteiger partial charge in [-0.05, 0) is 35.5 Å². The van der Waals surface area contributed by atoms with Crippen molar-refractivity contribution < 1.29 is 13.9 Å². The molecular weight excluding hydrogens is 289 g/mol. The summed E-state index contributed by atoms with van der Waals surface area (Å²) in [6, 6.07) is 7.86. The fourth-order valence-corrected chi connectivity index (χ4v) is 2.27. The van der Waals surface area contributed by atoms with Gasteiger partial charge in [-0.25, -0.2) is 9.37 Å². The molecule has 0 aliphatic carbocycles. The first kappa shape index (κ1) is 14.0. The van der Waals surface area contributed by atoms with Crippen molar-refractivity contribution in [3.8, 4) is 22.8 Å². The number of pyridine rings is 1. The zero-order chi connectivity index (χ0) is 15.7. The number of nitrogens with zero attached hydrogens (tertiary/aromatic N) is 3. The minimum atomic E-state index is -0.487. The first-order chi connectivity index (χ1) is 10.7. The zero-order valence-corrected chi connectivity index (χ0v) is 11.9. The average molecular weight is 301 g/mol. The Hall–Kier alpha value is -2.96.